The summed E-state index contributed by atoms with van der Waals surface area (Å²) in [5.41, 5.74) is 2.29. The minimum absolute atomic E-state index is 0.184. The molecule has 3 rings (SSSR count). The predicted molar refractivity (Wildman–Crippen MR) is 85.9 cm³/mol. The molecule has 1 amide bonds. The molecule has 23 heavy (non-hydrogen) atoms. The van der Waals surface area contributed by atoms with Crippen LogP contribution in [0.1, 0.15) is 11.5 Å². The fourth-order valence-electron chi connectivity index (χ4n) is 2.17. The smallest absolute Gasteiger partial charge is 0.246 e. The molecular formula is C18H15FN2O2. The second kappa shape index (κ2) is 6.44. The summed E-state index contributed by atoms with van der Waals surface area (Å²) in [6.07, 6.45) is 2.96. The van der Waals surface area contributed by atoms with Crippen molar-refractivity contribution in [3.8, 4) is 0 Å². The third-order valence-electron chi connectivity index (χ3n) is 3.39. The monoisotopic (exact) mass is 310 g/mol. The fourth-order valence-corrected chi connectivity index (χ4v) is 2.17. The van der Waals surface area contributed by atoms with E-state index in [1.807, 2.05) is 24.3 Å². The Morgan fingerprint density at radius 2 is 1.96 bits per heavy atom. The number of para-hydroxylation sites is 2. The van der Waals surface area contributed by atoms with Gasteiger partial charge < -0.3 is 9.32 Å². The molecule has 1 aromatic heterocycles. The average molecular weight is 310 g/mol. The first kappa shape index (κ1) is 15.0. The van der Waals surface area contributed by atoms with Crippen LogP contribution in [0.15, 0.2) is 59.0 Å². The molecule has 0 spiro atoms. The van der Waals surface area contributed by atoms with Crippen molar-refractivity contribution in [3.05, 3.63) is 71.9 Å². The molecule has 0 unspecified atom stereocenters. The number of fused-ring (bicyclic) bond motifs is 1. The van der Waals surface area contributed by atoms with Gasteiger partial charge >= 0.3 is 0 Å². The summed E-state index contributed by atoms with van der Waals surface area (Å²) < 4.78 is 18.4. The number of likely N-dealkylation sites (N-methyl/N-ethyl adjacent to an activating group) is 1. The Bertz CT molecular complexity index is 820. The highest BCUT2D eigenvalue weighted by Crippen LogP contribution is 2.15. The van der Waals surface area contributed by atoms with Crippen LogP contribution in [0.25, 0.3) is 17.2 Å². The zero-order valence-electron chi connectivity index (χ0n) is 12.6. The lowest BCUT2D eigenvalue weighted by molar-refractivity contribution is -0.125. The average Bonchev–Trinajstić information content (AvgIpc) is 2.97. The summed E-state index contributed by atoms with van der Waals surface area (Å²) in [4.78, 5) is 17.9. The first-order valence-electron chi connectivity index (χ1n) is 7.15. The number of benzene rings is 2. The van der Waals surface area contributed by atoms with Crippen LogP contribution in [0.3, 0.4) is 0 Å². The van der Waals surface area contributed by atoms with Gasteiger partial charge in [0.05, 0.1) is 0 Å². The summed E-state index contributed by atoms with van der Waals surface area (Å²) in [6, 6.07) is 13.5. The van der Waals surface area contributed by atoms with Crippen molar-refractivity contribution in [2.24, 2.45) is 0 Å². The highest BCUT2D eigenvalue weighted by Gasteiger charge is 2.07. The van der Waals surface area contributed by atoms with Crippen LogP contribution in [0.4, 0.5) is 4.39 Å². The van der Waals surface area contributed by atoms with Crippen molar-refractivity contribution >= 4 is 23.1 Å². The number of hydrogen-bond acceptors (Lipinski definition) is 3. The van der Waals surface area contributed by atoms with E-state index in [9.17, 15) is 9.18 Å². The number of amides is 1. The standard InChI is InChI=1S/C18H15FN2O2/c1-21(12-13-6-8-14(19)9-7-13)18(22)11-10-17-20-15-4-2-3-5-16(15)23-17/h2-11H,12H2,1H3/b11-10+. The Morgan fingerprint density at radius 3 is 2.70 bits per heavy atom. The van der Waals surface area contributed by atoms with Gasteiger partial charge in [0.15, 0.2) is 5.58 Å². The van der Waals surface area contributed by atoms with E-state index in [1.54, 1.807) is 25.3 Å². The van der Waals surface area contributed by atoms with Crippen molar-refractivity contribution in [3.63, 3.8) is 0 Å². The summed E-state index contributed by atoms with van der Waals surface area (Å²) in [6.45, 7) is 0.400. The van der Waals surface area contributed by atoms with Gasteiger partial charge in [0, 0.05) is 25.7 Å². The number of rotatable bonds is 4. The van der Waals surface area contributed by atoms with Gasteiger partial charge in [-0.05, 0) is 29.8 Å². The lowest BCUT2D eigenvalue weighted by atomic mass is 10.2. The normalized spacial score (nSPS) is 11.2. The Morgan fingerprint density at radius 1 is 1.22 bits per heavy atom. The summed E-state index contributed by atoms with van der Waals surface area (Å²) in [7, 11) is 1.68. The van der Waals surface area contributed by atoms with Gasteiger partial charge in [0.2, 0.25) is 11.8 Å². The number of carbonyl (C=O) groups is 1. The molecular weight excluding hydrogens is 295 g/mol. The Balaban J connectivity index is 1.66. The van der Waals surface area contributed by atoms with Gasteiger partial charge in [-0.1, -0.05) is 24.3 Å². The largest absolute Gasteiger partial charge is 0.437 e. The van der Waals surface area contributed by atoms with Crippen LogP contribution in [0.2, 0.25) is 0 Å². The van der Waals surface area contributed by atoms with Crippen LogP contribution in [0, 0.1) is 5.82 Å². The zero-order valence-corrected chi connectivity index (χ0v) is 12.6. The number of aromatic nitrogens is 1. The van der Waals surface area contributed by atoms with Gasteiger partial charge in [-0.3, -0.25) is 4.79 Å². The number of nitrogens with zero attached hydrogens (tertiary/aromatic N) is 2. The fraction of sp³-hybridized carbons (Fsp3) is 0.111. The Labute approximate surface area is 132 Å². The van der Waals surface area contributed by atoms with Gasteiger partial charge in [-0.2, -0.15) is 0 Å². The third-order valence-corrected chi connectivity index (χ3v) is 3.39. The lowest BCUT2D eigenvalue weighted by Gasteiger charge is -2.14. The van der Waals surface area contributed by atoms with Crippen LogP contribution >= 0.6 is 0 Å². The summed E-state index contributed by atoms with van der Waals surface area (Å²) >= 11 is 0. The first-order valence-corrected chi connectivity index (χ1v) is 7.15. The molecule has 0 saturated carbocycles. The second-order valence-electron chi connectivity index (χ2n) is 5.17. The van der Waals surface area contributed by atoms with E-state index in [0.29, 0.717) is 18.0 Å². The molecule has 0 bridgehead atoms. The van der Waals surface area contributed by atoms with Crippen LogP contribution in [0.5, 0.6) is 0 Å². The van der Waals surface area contributed by atoms with Crippen molar-refractivity contribution in [2.45, 2.75) is 6.54 Å². The molecule has 0 aliphatic heterocycles. The zero-order chi connectivity index (χ0) is 16.2. The molecule has 0 aliphatic carbocycles. The van der Waals surface area contributed by atoms with E-state index < -0.39 is 0 Å². The maximum absolute atomic E-state index is 12.9. The van der Waals surface area contributed by atoms with Crippen LogP contribution in [-0.4, -0.2) is 22.8 Å². The van der Waals surface area contributed by atoms with E-state index in [2.05, 4.69) is 4.98 Å². The molecule has 0 fully saturated rings. The van der Waals surface area contributed by atoms with Crippen LogP contribution in [-0.2, 0) is 11.3 Å². The lowest BCUT2D eigenvalue weighted by Crippen LogP contribution is -2.24. The van der Waals surface area contributed by atoms with E-state index >= 15 is 0 Å². The molecule has 116 valence electrons. The SMILES string of the molecule is CN(Cc1ccc(F)cc1)C(=O)/C=C/c1nc2ccccc2o1. The van der Waals surface area contributed by atoms with Crippen LogP contribution < -0.4 is 0 Å². The summed E-state index contributed by atoms with van der Waals surface area (Å²) in [5, 5.41) is 0. The molecule has 3 aromatic rings. The van der Waals surface area contributed by atoms with Crippen molar-refractivity contribution in [1.29, 1.82) is 0 Å². The van der Waals surface area contributed by atoms with Crippen molar-refractivity contribution in [2.75, 3.05) is 7.05 Å². The minimum atomic E-state index is -0.293. The molecule has 2 aromatic carbocycles. The minimum Gasteiger partial charge on any atom is -0.437 e. The highest BCUT2D eigenvalue weighted by atomic mass is 19.1. The summed E-state index contributed by atoms with van der Waals surface area (Å²) in [5.74, 6) is -0.0927. The second-order valence-corrected chi connectivity index (χ2v) is 5.17. The van der Waals surface area contributed by atoms with E-state index in [1.165, 1.54) is 23.1 Å². The maximum atomic E-state index is 12.9. The third kappa shape index (κ3) is 3.63. The Hall–Kier alpha value is -2.95. The molecule has 1 heterocycles. The molecule has 0 aliphatic rings. The van der Waals surface area contributed by atoms with E-state index in [-0.39, 0.29) is 11.7 Å². The van der Waals surface area contributed by atoms with Crippen molar-refractivity contribution in [1.82, 2.24) is 9.88 Å². The molecule has 4 nitrogen and oxygen atoms in total. The van der Waals surface area contributed by atoms with Gasteiger partial charge in [0.25, 0.3) is 0 Å². The van der Waals surface area contributed by atoms with E-state index in [4.69, 9.17) is 4.42 Å². The Kier molecular flexibility index (Phi) is 4.19. The predicted octanol–water partition coefficient (Wildman–Crippen LogP) is 3.64. The number of carbonyl (C=O) groups excluding carboxylic acids is 1. The van der Waals surface area contributed by atoms with Crippen molar-refractivity contribution < 1.29 is 13.6 Å². The van der Waals surface area contributed by atoms with Gasteiger partial charge in [-0.25, -0.2) is 9.37 Å². The molecule has 0 N–H and O–H groups in total. The highest BCUT2D eigenvalue weighted by molar-refractivity contribution is 5.91. The number of oxazole rings is 1. The van der Waals surface area contributed by atoms with E-state index in [0.717, 1.165) is 11.1 Å². The number of hydrogen-bond donors (Lipinski definition) is 0. The van der Waals surface area contributed by atoms with Gasteiger partial charge in [0.1, 0.15) is 11.3 Å². The number of halogens is 1. The quantitative estimate of drug-likeness (QED) is 0.691. The molecule has 0 saturated heterocycles. The molecule has 0 radical (unpaired) electrons. The molecule has 0 atom stereocenters. The molecule has 5 heteroatoms. The topological polar surface area (TPSA) is 46.3 Å². The maximum Gasteiger partial charge on any atom is 0.246 e. The van der Waals surface area contributed by atoms with Gasteiger partial charge in [-0.15, -0.1) is 0 Å². The first-order chi connectivity index (χ1) is 11.1.